The van der Waals surface area contributed by atoms with Gasteiger partial charge in [-0.15, -0.1) is 0 Å². The number of esters is 2. The van der Waals surface area contributed by atoms with Crippen LogP contribution in [0.1, 0.15) is 27.6 Å². The van der Waals surface area contributed by atoms with Crippen molar-refractivity contribution in [1.29, 1.82) is 0 Å². The summed E-state index contributed by atoms with van der Waals surface area (Å²) in [4.78, 5) is 23.3. The monoisotopic (exact) mass is 242 g/mol. The van der Waals surface area contributed by atoms with E-state index in [2.05, 4.69) is 4.74 Å². The van der Waals surface area contributed by atoms with Gasteiger partial charge in [-0.3, -0.25) is 0 Å². The number of carbonyl (C=O) groups is 2. The molecule has 4 nitrogen and oxygen atoms in total. The number of carbonyl (C=O) groups excluding carboxylic acids is 2. The molecule has 0 spiro atoms. The van der Waals surface area contributed by atoms with Crippen molar-refractivity contribution in [3.05, 3.63) is 41.5 Å². The van der Waals surface area contributed by atoms with Crippen LogP contribution in [0.25, 0.3) is 10.8 Å². The van der Waals surface area contributed by atoms with E-state index < -0.39 is 11.9 Å². The van der Waals surface area contributed by atoms with Crippen LogP contribution in [0.5, 0.6) is 5.75 Å². The molecule has 0 saturated heterocycles. The van der Waals surface area contributed by atoms with Gasteiger partial charge in [-0.1, -0.05) is 24.3 Å². The van der Waals surface area contributed by atoms with Crippen LogP contribution in [-0.4, -0.2) is 18.5 Å². The summed E-state index contributed by atoms with van der Waals surface area (Å²) in [6, 6.07) is 9.12. The van der Waals surface area contributed by atoms with E-state index in [-0.39, 0.29) is 11.1 Å². The van der Waals surface area contributed by atoms with Gasteiger partial charge in [0.2, 0.25) is 0 Å². The minimum Gasteiger partial charge on any atom is -0.492 e. The number of cyclic esters (lactones) is 2. The topological polar surface area (TPSA) is 52.6 Å². The van der Waals surface area contributed by atoms with Crippen LogP contribution in [-0.2, 0) is 4.74 Å². The molecule has 2 aromatic carbocycles. The molecule has 0 radical (unpaired) electrons. The van der Waals surface area contributed by atoms with Crippen molar-refractivity contribution in [3.8, 4) is 5.75 Å². The lowest BCUT2D eigenvalue weighted by atomic mass is 10.0. The van der Waals surface area contributed by atoms with E-state index in [1.54, 1.807) is 6.07 Å². The van der Waals surface area contributed by atoms with Crippen LogP contribution in [0.2, 0.25) is 0 Å². The smallest absolute Gasteiger partial charge is 0.350 e. The lowest BCUT2D eigenvalue weighted by Gasteiger charge is -2.10. The molecule has 0 amide bonds. The molecule has 1 aliphatic heterocycles. The number of hydrogen-bond acceptors (Lipinski definition) is 4. The number of rotatable bonds is 2. The minimum absolute atomic E-state index is 0.237. The van der Waals surface area contributed by atoms with Crippen molar-refractivity contribution >= 4 is 22.7 Å². The second kappa shape index (κ2) is 3.84. The molecule has 0 aliphatic carbocycles. The molecule has 1 aliphatic rings. The van der Waals surface area contributed by atoms with Gasteiger partial charge in [0.15, 0.2) is 0 Å². The highest BCUT2D eigenvalue weighted by molar-refractivity contribution is 6.19. The molecule has 0 bridgehead atoms. The number of ether oxygens (including phenoxy) is 2. The summed E-state index contributed by atoms with van der Waals surface area (Å²) in [5.74, 6) is -0.813. The van der Waals surface area contributed by atoms with E-state index in [9.17, 15) is 9.59 Å². The molecule has 0 N–H and O–H groups in total. The Kier molecular flexibility index (Phi) is 2.30. The molecular formula is C14H10O4. The number of hydrogen-bond donors (Lipinski definition) is 0. The summed E-state index contributed by atoms with van der Waals surface area (Å²) in [6.07, 6.45) is 0. The Morgan fingerprint density at radius 1 is 1.17 bits per heavy atom. The first kappa shape index (κ1) is 10.8. The van der Waals surface area contributed by atoms with E-state index >= 15 is 0 Å². The van der Waals surface area contributed by atoms with E-state index in [0.717, 1.165) is 10.8 Å². The highest BCUT2D eigenvalue weighted by Crippen LogP contribution is 2.36. The van der Waals surface area contributed by atoms with Crippen LogP contribution >= 0.6 is 0 Å². The highest BCUT2D eigenvalue weighted by Gasteiger charge is 2.34. The van der Waals surface area contributed by atoms with Crippen LogP contribution < -0.4 is 4.74 Å². The van der Waals surface area contributed by atoms with Crippen LogP contribution in [0.15, 0.2) is 30.3 Å². The number of benzene rings is 2. The van der Waals surface area contributed by atoms with Crippen LogP contribution in [0, 0.1) is 0 Å². The van der Waals surface area contributed by atoms with Crippen molar-refractivity contribution in [1.82, 2.24) is 0 Å². The van der Waals surface area contributed by atoms with Crippen molar-refractivity contribution in [2.24, 2.45) is 0 Å². The molecule has 0 atom stereocenters. The Labute approximate surface area is 103 Å². The quantitative estimate of drug-likeness (QED) is 0.600. The summed E-state index contributed by atoms with van der Waals surface area (Å²) >= 11 is 0. The molecule has 90 valence electrons. The molecule has 18 heavy (non-hydrogen) atoms. The lowest BCUT2D eigenvalue weighted by Crippen LogP contribution is -2.02. The fourth-order valence-corrected chi connectivity index (χ4v) is 2.16. The third-order valence-corrected chi connectivity index (χ3v) is 2.90. The van der Waals surface area contributed by atoms with Gasteiger partial charge in [-0.2, -0.15) is 0 Å². The van der Waals surface area contributed by atoms with Crippen molar-refractivity contribution < 1.29 is 19.1 Å². The van der Waals surface area contributed by atoms with Gasteiger partial charge in [-0.25, -0.2) is 9.59 Å². The zero-order valence-corrected chi connectivity index (χ0v) is 9.73. The first-order valence-electron chi connectivity index (χ1n) is 5.67. The van der Waals surface area contributed by atoms with E-state index in [1.807, 2.05) is 31.2 Å². The van der Waals surface area contributed by atoms with E-state index in [4.69, 9.17) is 4.74 Å². The Morgan fingerprint density at radius 3 is 2.72 bits per heavy atom. The van der Waals surface area contributed by atoms with Gasteiger partial charge in [0.1, 0.15) is 11.3 Å². The molecule has 1 heterocycles. The molecule has 4 heteroatoms. The van der Waals surface area contributed by atoms with Gasteiger partial charge in [0.25, 0.3) is 0 Å². The number of fused-ring (bicyclic) bond motifs is 2. The lowest BCUT2D eigenvalue weighted by molar-refractivity contribution is 0.0442. The second-order valence-electron chi connectivity index (χ2n) is 3.96. The van der Waals surface area contributed by atoms with Gasteiger partial charge >= 0.3 is 11.9 Å². The summed E-state index contributed by atoms with van der Waals surface area (Å²) in [6.45, 7) is 2.25. The molecule has 0 unspecified atom stereocenters. The summed E-state index contributed by atoms with van der Waals surface area (Å²) in [5.41, 5.74) is 0.516. The third-order valence-electron chi connectivity index (χ3n) is 2.90. The van der Waals surface area contributed by atoms with Gasteiger partial charge in [-0.05, 0) is 18.4 Å². The van der Waals surface area contributed by atoms with E-state index in [1.165, 1.54) is 0 Å². The Bertz CT molecular complexity index is 673. The zero-order chi connectivity index (χ0) is 12.7. The maximum Gasteiger partial charge on any atom is 0.350 e. The average molecular weight is 242 g/mol. The van der Waals surface area contributed by atoms with Crippen molar-refractivity contribution in [2.75, 3.05) is 6.61 Å². The van der Waals surface area contributed by atoms with Crippen molar-refractivity contribution in [3.63, 3.8) is 0 Å². The van der Waals surface area contributed by atoms with Crippen LogP contribution in [0.4, 0.5) is 0 Å². The molecule has 3 rings (SSSR count). The Hall–Kier alpha value is -2.36. The minimum atomic E-state index is -0.635. The molecular weight excluding hydrogens is 232 g/mol. The fourth-order valence-electron chi connectivity index (χ4n) is 2.16. The Morgan fingerprint density at radius 2 is 1.94 bits per heavy atom. The Balaban J connectivity index is 2.41. The van der Waals surface area contributed by atoms with Crippen LogP contribution in [0.3, 0.4) is 0 Å². The third kappa shape index (κ3) is 1.39. The summed E-state index contributed by atoms with van der Waals surface area (Å²) < 4.78 is 10.2. The maximum atomic E-state index is 11.7. The zero-order valence-electron chi connectivity index (χ0n) is 9.73. The van der Waals surface area contributed by atoms with E-state index in [0.29, 0.717) is 12.4 Å². The predicted molar refractivity (Wildman–Crippen MR) is 64.9 cm³/mol. The van der Waals surface area contributed by atoms with Gasteiger partial charge in [0.05, 0.1) is 12.2 Å². The average Bonchev–Trinajstić information content (AvgIpc) is 2.65. The molecule has 0 aromatic heterocycles. The molecule has 0 saturated carbocycles. The predicted octanol–water partition coefficient (Wildman–Crippen LogP) is 2.55. The summed E-state index contributed by atoms with van der Waals surface area (Å²) in [5, 5.41) is 1.66. The first-order chi connectivity index (χ1) is 8.72. The SMILES string of the molecule is CCOc1c2c(cc3ccccc13)C(=O)OC2=O. The highest BCUT2D eigenvalue weighted by atomic mass is 16.6. The van der Waals surface area contributed by atoms with Gasteiger partial charge < -0.3 is 9.47 Å². The normalized spacial score (nSPS) is 13.6. The second-order valence-corrected chi connectivity index (χ2v) is 3.96. The summed E-state index contributed by atoms with van der Waals surface area (Å²) in [7, 11) is 0. The largest absolute Gasteiger partial charge is 0.492 e. The molecule has 0 fully saturated rings. The molecule has 2 aromatic rings. The van der Waals surface area contributed by atoms with Crippen molar-refractivity contribution in [2.45, 2.75) is 6.92 Å². The van der Waals surface area contributed by atoms with Gasteiger partial charge in [0, 0.05) is 5.39 Å². The standard InChI is InChI=1S/C14H10O4/c1-2-17-12-9-6-4-3-5-8(9)7-10-11(12)14(16)18-13(10)15/h3-7H,2H2,1H3. The maximum absolute atomic E-state index is 11.7. The fraction of sp³-hybridized carbons (Fsp3) is 0.143. The first-order valence-corrected chi connectivity index (χ1v) is 5.67.